The van der Waals surface area contributed by atoms with Crippen molar-refractivity contribution in [2.24, 2.45) is 17.6 Å². The molecule has 2 fully saturated rings. The zero-order chi connectivity index (χ0) is 16.6. The van der Waals surface area contributed by atoms with Crippen molar-refractivity contribution in [2.45, 2.75) is 56.0 Å². The van der Waals surface area contributed by atoms with Crippen LogP contribution < -0.4 is 15.2 Å². The van der Waals surface area contributed by atoms with Crippen molar-refractivity contribution in [3.63, 3.8) is 0 Å². The van der Waals surface area contributed by atoms with Crippen molar-refractivity contribution < 1.29 is 13.2 Å². The molecule has 2 bridgehead atoms. The summed E-state index contributed by atoms with van der Waals surface area (Å²) in [6.45, 7) is 1.88. The van der Waals surface area contributed by atoms with Gasteiger partial charge in [-0.2, -0.15) is 0 Å². The van der Waals surface area contributed by atoms with E-state index in [1.165, 1.54) is 13.5 Å². The predicted molar refractivity (Wildman–Crippen MR) is 97.1 cm³/mol. The van der Waals surface area contributed by atoms with Crippen LogP contribution in [-0.2, 0) is 10.0 Å². The molecule has 2 unspecified atom stereocenters. The van der Waals surface area contributed by atoms with E-state index >= 15 is 0 Å². The molecule has 1 aromatic carbocycles. The summed E-state index contributed by atoms with van der Waals surface area (Å²) in [4.78, 5) is 0.230. The first-order valence-corrected chi connectivity index (χ1v) is 9.81. The molecule has 2 aliphatic carbocycles. The average Bonchev–Trinajstić information content (AvgIpc) is 2.48. The Balaban J connectivity index is 0.00000208. The molecule has 0 heterocycles. The standard InChI is InChI=1S/C17H26N2O3S.ClH/c1-11-6-7-15(22-2)16(8-11)23(20,21)19-17-12-4-3-5-13(17)10-14(18)9-12;/h6-8,12-14,17,19H,3-5,9-10,18H2,1-2H3;1H. The molecule has 0 aromatic heterocycles. The average molecular weight is 375 g/mol. The second kappa shape index (κ2) is 7.60. The Kier molecular flexibility index (Phi) is 6.18. The maximum atomic E-state index is 12.9. The van der Waals surface area contributed by atoms with Gasteiger partial charge in [-0.1, -0.05) is 12.5 Å². The van der Waals surface area contributed by atoms with Gasteiger partial charge < -0.3 is 10.5 Å². The highest BCUT2D eigenvalue weighted by atomic mass is 35.5. The Morgan fingerprint density at radius 3 is 2.42 bits per heavy atom. The summed E-state index contributed by atoms with van der Waals surface area (Å²) in [6.07, 6.45) is 5.11. The molecule has 2 atom stereocenters. The lowest BCUT2D eigenvalue weighted by Crippen LogP contribution is -2.53. The van der Waals surface area contributed by atoms with Crippen LogP contribution in [0.25, 0.3) is 0 Å². The zero-order valence-electron chi connectivity index (χ0n) is 14.2. The van der Waals surface area contributed by atoms with Crippen molar-refractivity contribution in [1.82, 2.24) is 4.72 Å². The predicted octanol–water partition coefficient (Wildman–Crippen LogP) is 2.61. The number of rotatable bonds is 4. The zero-order valence-corrected chi connectivity index (χ0v) is 15.8. The number of methoxy groups -OCH3 is 1. The van der Waals surface area contributed by atoms with E-state index in [4.69, 9.17) is 10.5 Å². The van der Waals surface area contributed by atoms with Crippen LogP contribution in [-0.4, -0.2) is 27.6 Å². The molecule has 2 aliphatic rings. The Bertz CT molecular complexity index is 666. The van der Waals surface area contributed by atoms with Crippen LogP contribution in [0.2, 0.25) is 0 Å². The van der Waals surface area contributed by atoms with Gasteiger partial charge in [-0.15, -0.1) is 12.4 Å². The monoisotopic (exact) mass is 374 g/mol. The molecule has 1 aromatic rings. The van der Waals surface area contributed by atoms with Crippen molar-refractivity contribution >= 4 is 22.4 Å². The molecule has 24 heavy (non-hydrogen) atoms. The van der Waals surface area contributed by atoms with Gasteiger partial charge in [-0.25, -0.2) is 13.1 Å². The van der Waals surface area contributed by atoms with Crippen molar-refractivity contribution in [2.75, 3.05) is 7.11 Å². The summed E-state index contributed by atoms with van der Waals surface area (Å²) in [5, 5.41) is 0. The Hall–Kier alpha value is -0.820. The summed E-state index contributed by atoms with van der Waals surface area (Å²) in [5.74, 6) is 1.09. The lowest BCUT2D eigenvalue weighted by Gasteiger charge is -2.45. The first kappa shape index (κ1) is 19.5. The molecule has 5 nitrogen and oxygen atoms in total. The summed E-state index contributed by atoms with van der Waals surface area (Å²) < 4.78 is 34.1. The van der Waals surface area contributed by atoms with Crippen LogP contribution in [0, 0.1) is 18.8 Å². The largest absolute Gasteiger partial charge is 0.495 e. The molecular formula is C17H27ClN2O3S. The highest BCUT2D eigenvalue weighted by molar-refractivity contribution is 7.89. The quantitative estimate of drug-likeness (QED) is 0.848. The van der Waals surface area contributed by atoms with Crippen LogP contribution >= 0.6 is 12.4 Å². The van der Waals surface area contributed by atoms with E-state index in [0.717, 1.165) is 31.2 Å². The highest BCUT2D eigenvalue weighted by Crippen LogP contribution is 2.40. The number of nitrogens with one attached hydrogen (secondary N) is 1. The topological polar surface area (TPSA) is 81.4 Å². The second-order valence-electron chi connectivity index (χ2n) is 6.98. The van der Waals surface area contributed by atoms with E-state index < -0.39 is 10.0 Å². The van der Waals surface area contributed by atoms with Gasteiger partial charge in [0.25, 0.3) is 0 Å². The number of hydrogen-bond donors (Lipinski definition) is 2. The van der Waals surface area contributed by atoms with E-state index in [2.05, 4.69) is 4.72 Å². The molecular weight excluding hydrogens is 348 g/mol. The summed E-state index contributed by atoms with van der Waals surface area (Å²) in [5.41, 5.74) is 7.03. The van der Waals surface area contributed by atoms with Gasteiger partial charge in [0, 0.05) is 12.1 Å². The van der Waals surface area contributed by atoms with Gasteiger partial charge >= 0.3 is 0 Å². The van der Waals surface area contributed by atoms with E-state index in [1.807, 2.05) is 13.0 Å². The minimum Gasteiger partial charge on any atom is -0.495 e. The fraction of sp³-hybridized carbons (Fsp3) is 0.647. The Morgan fingerprint density at radius 1 is 1.21 bits per heavy atom. The number of halogens is 1. The smallest absolute Gasteiger partial charge is 0.244 e. The maximum Gasteiger partial charge on any atom is 0.244 e. The Labute approximate surface area is 150 Å². The van der Waals surface area contributed by atoms with Crippen molar-refractivity contribution in [3.05, 3.63) is 23.8 Å². The second-order valence-corrected chi connectivity index (χ2v) is 8.67. The van der Waals surface area contributed by atoms with Crippen LogP contribution in [0.4, 0.5) is 0 Å². The number of benzene rings is 1. The number of hydrogen-bond acceptors (Lipinski definition) is 4. The van der Waals surface area contributed by atoms with E-state index in [9.17, 15) is 8.42 Å². The van der Waals surface area contributed by atoms with Gasteiger partial charge in [0.05, 0.1) is 7.11 Å². The molecule has 2 saturated carbocycles. The molecule has 0 amide bonds. The highest BCUT2D eigenvalue weighted by Gasteiger charge is 2.41. The number of ether oxygens (including phenoxy) is 1. The molecule has 3 N–H and O–H groups in total. The fourth-order valence-corrected chi connectivity index (χ4v) is 5.85. The third-order valence-electron chi connectivity index (χ3n) is 5.28. The summed E-state index contributed by atoms with van der Waals surface area (Å²) >= 11 is 0. The minimum absolute atomic E-state index is 0. The SMILES string of the molecule is COc1ccc(C)cc1S(=O)(=O)NC1C2CCCC1CC(N)C2.Cl. The molecule has 0 spiro atoms. The third-order valence-corrected chi connectivity index (χ3v) is 6.76. The maximum absolute atomic E-state index is 12.9. The van der Waals surface area contributed by atoms with Gasteiger partial charge in [-0.3, -0.25) is 0 Å². The fourth-order valence-electron chi connectivity index (χ4n) is 4.22. The molecule has 0 radical (unpaired) electrons. The van der Waals surface area contributed by atoms with Crippen molar-refractivity contribution in [3.8, 4) is 5.75 Å². The number of fused-ring (bicyclic) bond motifs is 2. The molecule has 0 saturated heterocycles. The molecule has 0 aliphatic heterocycles. The molecule has 3 rings (SSSR count). The van der Waals surface area contributed by atoms with E-state index in [1.54, 1.807) is 12.1 Å². The van der Waals surface area contributed by atoms with Gasteiger partial charge in [-0.05, 0) is 62.1 Å². The van der Waals surface area contributed by atoms with Gasteiger partial charge in [0.1, 0.15) is 10.6 Å². The molecule has 136 valence electrons. The van der Waals surface area contributed by atoms with Gasteiger partial charge in [0.2, 0.25) is 10.0 Å². The number of sulfonamides is 1. The van der Waals surface area contributed by atoms with E-state index in [-0.39, 0.29) is 29.4 Å². The summed E-state index contributed by atoms with van der Waals surface area (Å²) in [7, 11) is -2.10. The Morgan fingerprint density at radius 2 is 1.83 bits per heavy atom. The summed E-state index contributed by atoms with van der Waals surface area (Å²) in [6, 6.07) is 5.44. The first-order chi connectivity index (χ1) is 10.9. The normalized spacial score (nSPS) is 29.6. The van der Waals surface area contributed by atoms with E-state index in [0.29, 0.717) is 17.6 Å². The van der Waals surface area contributed by atoms with Crippen molar-refractivity contribution in [1.29, 1.82) is 0 Å². The van der Waals surface area contributed by atoms with Crippen LogP contribution in [0.1, 0.15) is 37.7 Å². The number of aryl methyl sites for hydroxylation is 1. The number of nitrogens with two attached hydrogens (primary N) is 1. The lowest BCUT2D eigenvalue weighted by atomic mass is 9.67. The van der Waals surface area contributed by atoms with Crippen LogP contribution in [0.3, 0.4) is 0 Å². The first-order valence-electron chi connectivity index (χ1n) is 8.33. The van der Waals surface area contributed by atoms with Gasteiger partial charge in [0.15, 0.2) is 0 Å². The third kappa shape index (κ3) is 3.87. The lowest BCUT2D eigenvalue weighted by molar-refractivity contribution is 0.125. The minimum atomic E-state index is -3.60. The van der Waals surface area contributed by atoms with Crippen LogP contribution in [0.5, 0.6) is 5.75 Å². The van der Waals surface area contributed by atoms with Crippen LogP contribution in [0.15, 0.2) is 23.1 Å². The molecule has 7 heteroatoms.